The zero-order valence-electron chi connectivity index (χ0n) is 8.71. The lowest BCUT2D eigenvalue weighted by Gasteiger charge is -2.22. The molecule has 1 aromatic carbocycles. The molecule has 2 aromatic rings. The number of ketones is 1. The number of carbonyl (C=O) groups excluding carboxylic acids is 1. The molecule has 1 aliphatic rings. The Kier molecular flexibility index (Phi) is 2.06. The van der Waals surface area contributed by atoms with Gasteiger partial charge in [0.2, 0.25) is 0 Å². The van der Waals surface area contributed by atoms with Gasteiger partial charge in [-0.05, 0) is 18.4 Å². The molecule has 4 heteroatoms. The smallest absolute Gasteiger partial charge is 0.187 e. The fourth-order valence-electron chi connectivity index (χ4n) is 2.21. The number of hydrogen-bond acceptors (Lipinski definition) is 3. The van der Waals surface area contributed by atoms with Crippen LogP contribution in [0.1, 0.15) is 28.4 Å². The van der Waals surface area contributed by atoms with E-state index in [-0.39, 0.29) is 11.8 Å². The van der Waals surface area contributed by atoms with Crippen LogP contribution in [0.3, 0.4) is 0 Å². The molecule has 0 aliphatic heterocycles. The minimum Gasteiger partial charge on any atom is -0.292 e. The van der Waals surface area contributed by atoms with Crippen LogP contribution < -0.4 is 0 Å². The highest BCUT2D eigenvalue weighted by Crippen LogP contribution is 2.27. The van der Waals surface area contributed by atoms with Gasteiger partial charge in [0, 0.05) is 5.56 Å². The summed E-state index contributed by atoms with van der Waals surface area (Å²) in [5, 5.41) is 4.05. The molecule has 0 amide bonds. The highest BCUT2D eigenvalue weighted by Gasteiger charge is 2.28. The van der Waals surface area contributed by atoms with Gasteiger partial charge in [-0.3, -0.25) is 4.79 Å². The van der Waals surface area contributed by atoms with Crippen molar-refractivity contribution in [2.45, 2.75) is 18.9 Å². The normalized spacial score (nSPS) is 19.5. The number of Topliss-reactive ketones (excluding diaryl/α,β-unsaturated/α-hetero) is 1. The van der Waals surface area contributed by atoms with E-state index in [2.05, 4.69) is 10.1 Å². The van der Waals surface area contributed by atoms with Crippen LogP contribution in [0.25, 0.3) is 0 Å². The fourth-order valence-corrected chi connectivity index (χ4v) is 2.21. The predicted octanol–water partition coefficient (Wildman–Crippen LogP) is 1.65. The number of aryl methyl sites for hydroxylation is 1. The Morgan fingerprint density at radius 3 is 3.00 bits per heavy atom. The molecule has 3 rings (SSSR count). The van der Waals surface area contributed by atoms with Gasteiger partial charge in [0.25, 0.3) is 0 Å². The van der Waals surface area contributed by atoms with Gasteiger partial charge >= 0.3 is 0 Å². The molecular formula is C12H11N3O. The molecule has 1 atom stereocenters. The van der Waals surface area contributed by atoms with Crippen LogP contribution in [0, 0.1) is 0 Å². The first-order valence-electron chi connectivity index (χ1n) is 5.32. The van der Waals surface area contributed by atoms with Crippen molar-refractivity contribution in [3.05, 3.63) is 48.0 Å². The second-order valence-corrected chi connectivity index (χ2v) is 3.95. The van der Waals surface area contributed by atoms with E-state index in [1.807, 2.05) is 24.3 Å². The molecule has 0 spiro atoms. The van der Waals surface area contributed by atoms with Crippen LogP contribution in [0.2, 0.25) is 0 Å². The van der Waals surface area contributed by atoms with E-state index in [0.29, 0.717) is 0 Å². The molecular weight excluding hydrogens is 202 g/mol. The van der Waals surface area contributed by atoms with E-state index < -0.39 is 0 Å². The molecule has 80 valence electrons. The van der Waals surface area contributed by atoms with Crippen molar-refractivity contribution in [3.8, 4) is 0 Å². The summed E-state index contributed by atoms with van der Waals surface area (Å²) in [5.41, 5.74) is 1.97. The molecule has 0 bridgehead atoms. The largest absolute Gasteiger partial charge is 0.292 e. The zero-order chi connectivity index (χ0) is 11.0. The molecule has 0 fully saturated rings. The average molecular weight is 213 g/mol. The van der Waals surface area contributed by atoms with Crippen LogP contribution in [0.4, 0.5) is 0 Å². The van der Waals surface area contributed by atoms with Crippen LogP contribution in [0.15, 0.2) is 36.9 Å². The average Bonchev–Trinajstić information content (AvgIpc) is 2.83. The van der Waals surface area contributed by atoms with Crippen molar-refractivity contribution in [1.82, 2.24) is 14.8 Å². The Bertz CT molecular complexity index is 519. The lowest BCUT2D eigenvalue weighted by molar-refractivity contribution is 0.0899. The van der Waals surface area contributed by atoms with Gasteiger partial charge < -0.3 is 0 Å². The van der Waals surface area contributed by atoms with Crippen LogP contribution in [-0.4, -0.2) is 20.5 Å². The van der Waals surface area contributed by atoms with Crippen LogP contribution >= 0.6 is 0 Å². The second-order valence-electron chi connectivity index (χ2n) is 3.95. The maximum Gasteiger partial charge on any atom is 0.187 e. The highest BCUT2D eigenvalue weighted by atomic mass is 16.1. The van der Waals surface area contributed by atoms with Crippen LogP contribution in [-0.2, 0) is 6.42 Å². The van der Waals surface area contributed by atoms with E-state index in [4.69, 9.17) is 0 Å². The zero-order valence-corrected chi connectivity index (χ0v) is 8.71. The van der Waals surface area contributed by atoms with E-state index in [1.165, 1.54) is 6.33 Å². The molecule has 4 nitrogen and oxygen atoms in total. The number of fused-ring (bicyclic) bond motifs is 1. The summed E-state index contributed by atoms with van der Waals surface area (Å²) >= 11 is 0. The summed E-state index contributed by atoms with van der Waals surface area (Å²) in [6, 6.07) is 7.60. The molecule has 0 saturated carbocycles. The number of carbonyl (C=O) groups is 1. The van der Waals surface area contributed by atoms with Gasteiger partial charge in [-0.15, -0.1) is 0 Å². The van der Waals surface area contributed by atoms with Crippen molar-refractivity contribution in [3.63, 3.8) is 0 Å². The Balaban J connectivity index is 2.01. The molecule has 0 radical (unpaired) electrons. The summed E-state index contributed by atoms with van der Waals surface area (Å²) in [7, 11) is 0. The number of nitrogens with zero attached hydrogens (tertiary/aromatic N) is 3. The lowest BCUT2D eigenvalue weighted by Crippen LogP contribution is -2.26. The number of aromatic nitrogens is 3. The van der Waals surface area contributed by atoms with Crippen molar-refractivity contribution < 1.29 is 4.79 Å². The summed E-state index contributed by atoms with van der Waals surface area (Å²) in [5.74, 6) is 0.146. The van der Waals surface area contributed by atoms with Gasteiger partial charge in [-0.2, -0.15) is 5.10 Å². The third kappa shape index (κ3) is 1.34. The van der Waals surface area contributed by atoms with E-state index in [1.54, 1.807) is 11.0 Å². The summed E-state index contributed by atoms with van der Waals surface area (Å²) in [4.78, 5) is 16.1. The first kappa shape index (κ1) is 9.27. The van der Waals surface area contributed by atoms with Crippen molar-refractivity contribution >= 4 is 5.78 Å². The molecule has 1 aliphatic carbocycles. The highest BCUT2D eigenvalue weighted by molar-refractivity contribution is 6.01. The summed E-state index contributed by atoms with van der Waals surface area (Å²) < 4.78 is 1.65. The first-order valence-corrected chi connectivity index (χ1v) is 5.32. The van der Waals surface area contributed by atoms with E-state index in [0.717, 1.165) is 24.0 Å². The minimum atomic E-state index is -0.183. The van der Waals surface area contributed by atoms with Crippen molar-refractivity contribution in [2.24, 2.45) is 0 Å². The topological polar surface area (TPSA) is 47.8 Å². The molecule has 1 heterocycles. The van der Waals surface area contributed by atoms with Gasteiger partial charge in [-0.1, -0.05) is 24.3 Å². The fraction of sp³-hybridized carbons (Fsp3) is 0.250. The second kappa shape index (κ2) is 3.56. The third-order valence-electron chi connectivity index (χ3n) is 3.03. The number of benzene rings is 1. The number of rotatable bonds is 1. The van der Waals surface area contributed by atoms with Crippen molar-refractivity contribution in [2.75, 3.05) is 0 Å². The predicted molar refractivity (Wildman–Crippen MR) is 58.2 cm³/mol. The summed E-state index contributed by atoms with van der Waals surface area (Å²) in [6.45, 7) is 0. The maximum atomic E-state index is 12.2. The molecule has 16 heavy (non-hydrogen) atoms. The summed E-state index contributed by atoms with van der Waals surface area (Å²) in [6.07, 6.45) is 4.80. The Hall–Kier alpha value is -1.97. The Labute approximate surface area is 92.9 Å². The third-order valence-corrected chi connectivity index (χ3v) is 3.03. The Morgan fingerprint density at radius 2 is 2.19 bits per heavy atom. The van der Waals surface area contributed by atoms with E-state index in [9.17, 15) is 4.79 Å². The monoisotopic (exact) mass is 213 g/mol. The quantitative estimate of drug-likeness (QED) is 0.723. The van der Waals surface area contributed by atoms with Gasteiger partial charge in [-0.25, -0.2) is 9.67 Å². The molecule has 1 aromatic heterocycles. The molecule has 1 unspecified atom stereocenters. The van der Waals surface area contributed by atoms with Gasteiger partial charge in [0.05, 0.1) is 0 Å². The molecule has 0 saturated heterocycles. The van der Waals surface area contributed by atoms with Crippen molar-refractivity contribution in [1.29, 1.82) is 0 Å². The van der Waals surface area contributed by atoms with Crippen LogP contribution in [0.5, 0.6) is 0 Å². The van der Waals surface area contributed by atoms with Gasteiger partial charge in [0.15, 0.2) is 5.78 Å². The SMILES string of the molecule is O=C1c2ccccc2CCC1n1cncn1. The Morgan fingerprint density at radius 1 is 1.31 bits per heavy atom. The maximum absolute atomic E-state index is 12.2. The minimum absolute atomic E-state index is 0.146. The molecule has 0 N–H and O–H groups in total. The number of hydrogen-bond donors (Lipinski definition) is 0. The van der Waals surface area contributed by atoms with E-state index >= 15 is 0 Å². The van der Waals surface area contributed by atoms with Gasteiger partial charge in [0.1, 0.15) is 18.7 Å². The first-order chi connectivity index (χ1) is 7.86. The standard InChI is InChI=1S/C12H11N3O/c16-12-10-4-2-1-3-9(10)5-6-11(12)15-8-13-7-14-15/h1-4,7-8,11H,5-6H2. The lowest BCUT2D eigenvalue weighted by atomic mass is 9.87.